The standard InChI is InChI=1S/C18H34O7.Ti/c1-5-8-11-23-18(24-12-9-6-2,25-13-10-7-3)15-22-17(20)14-21-16(4)19;/h5-15H2,1-4H3;. The summed E-state index contributed by atoms with van der Waals surface area (Å²) in [5.41, 5.74) is 0. The molecule has 0 fully saturated rings. The third-order valence-corrected chi connectivity index (χ3v) is 3.26. The van der Waals surface area contributed by atoms with E-state index in [2.05, 4.69) is 25.5 Å². The average Bonchev–Trinajstić information content (AvgIpc) is 2.58. The summed E-state index contributed by atoms with van der Waals surface area (Å²) in [6.07, 6.45) is 5.43. The van der Waals surface area contributed by atoms with Gasteiger partial charge in [-0.3, -0.25) is 4.79 Å². The molecule has 0 rings (SSSR count). The fourth-order valence-corrected chi connectivity index (χ4v) is 1.74. The molecule has 0 aliphatic heterocycles. The zero-order valence-electron chi connectivity index (χ0n) is 16.6. The second-order valence-electron chi connectivity index (χ2n) is 5.73. The van der Waals surface area contributed by atoms with E-state index in [1.807, 2.05) is 0 Å². The topological polar surface area (TPSA) is 80.3 Å². The largest absolute Gasteiger partial charge is 0.455 e. The summed E-state index contributed by atoms with van der Waals surface area (Å²) >= 11 is 0. The average molecular weight is 410 g/mol. The molecule has 26 heavy (non-hydrogen) atoms. The number of carbonyl (C=O) groups is 2. The van der Waals surface area contributed by atoms with E-state index in [-0.39, 0.29) is 28.3 Å². The molecule has 0 heterocycles. The van der Waals surface area contributed by atoms with Crippen molar-refractivity contribution in [1.29, 1.82) is 0 Å². The van der Waals surface area contributed by atoms with Gasteiger partial charge < -0.3 is 23.7 Å². The molecule has 0 bridgehead atoms. The molecule has 0 aliphatic rings. The fraction of sp³-hybridized carbons (Fsp3) is 0.889. The van der Waals surface area contributed by atoms with E-state index in [9.17, 15) is 9.59 Å². The summed E-state index contributed by atoms with van der Waals surface area (Å²) in [4.78, 5) is 22.5. The number of hydrogen-bond acceptors (Lipinski definition) is 7. The summed E-state index contributed by atoms with van der Waals surface area (Å²) in [7, 11) is 0. The molecule has 152 valence electrons. The minimum atomic E-state index is -1.41. The van der Waals surface area contributed by atoms with E-state index >= 15 is 0 Å². The maximum Gasteiger partial charge on any atom is 0.344 e. The third kappa shape index (κ3) is 14.7. The molecule has 0 amide bonds. The van der Waals surface area contributed by atoms with Gasteiger partial charge in [-0.25, -0.2) is 4.79 Å². The van der Waals surface area contributed by atoms with Crippen LogP contribution in [0.5, 0.6) is 0 Å². The van der Waals surface area contributed by atoms with Crippen LogP contribution in [0.4, 0.5) is 0 Å². The zero-order chi connectivity index (χ0) is 19.0. The Kier molecular flexibility index (Phi) is 19.1. The van der Waals surface area contributed by atoms with Crippen molar-refractivity contribution in [1.82, 2.24) is 0 Å². The third-order valence-electron chi connectivity index (χ3n) is 3.26. The molecule has 0 saturated heterocycles. The van der Waals surface area contributed by atoms with Gasteiger partial charge in [0.25, 0.3) is 0 Å². The van der Waals surface area contributed by atoms with Crippen LogP contribution in [0.1, 0.15) is 66.2 Å². The Morgan fingerprint density at radius 3 is 1.54 bits per heavy atom. The van der Waals surface area contributed by atoms with Crippen molar-refractivity contribution in [2.24, 2.45) is 0 Å². The summed E-state index contributed by atoms with van der Waals surface area (Å²) < 4.78 is 27.2. The molecule has 0 saturated carbocycles. The Labute approximate surface area is 172 Å². The number of esters is 2. The van der Waals surface area contributed by atoms with E-state index in [0.717, 1.165) is 38.5 Å². The molecule has 0 aromatic heterocycles. The Bertz CT molecular complexity index is 337. The predicted molar refractivity (Wildman–Crippen MR) is 92.9 cm³/mol. The van der Waals surface area contributed by atoms with Crippen molar-refractivity contribution in [3.05, 3.63) is 0 Å². The van der Waals surface area contributed by atoms with Gasteiger partial charge in [0.05, 0.1) is 19.8 Å². The van der Waals surface area contributed by atoms with Crippen LogP contribution in [0.3, 0.4) is 0 Å². The molecular weight excluding hydrogens is 376 g/mol. The maximum absolute atomic E-state index is 11.7. The first-order chi connectivity index (χ1) is 12.0. The van der Waals surface area contributed by atoms with Crippen LogP contribution >= 0.6 is 0 Å². The molecule has 7 nitrogen and oxygen atoms in total. The van der Waals surface area contributed by atoms with Gasteiger partial charge in [0.1, 0.15) is 0 Å². The molecule has 8 heteroatoms. The number of carbonyl (C=O) groups excluding carboxylic acids is 2. The molecule has 0 aromatic rings. The number of hydrogen-bond donors (Lipinski definition) is 0. The van der Waals surface area contributed by atoms with Crippen LogP contribution in [0.25, 0.3) is 0 Å². The van der Waals surface area contributed by atoms with Gasteiger partial charge in [-0.2, -0.15) is 0 Å². The SMILES string of the molecule is CCCCOC(COC(=O)COC(C)=O)(OCCCC)OCCCC.[Ti]. The van der Waals surface area contributed by atoms with E-state index in [4.69, 9.17) is 18.9 Å². The Hall–Kier alpha value is -0.466. The molecule has 0 N–H and O–H groups in total. The van der Waals surface area contributed by atoms with Crippen LogP contribution in [-0.4, -0.2) is 50.9 Å². The van der Waals surface area contributed by atoms with Crippen LogP contribution in [-0.2, 0) is 55.0 Å². The second-order valence-corrected chi connectivity index (χ2v) is 5.73. The smallest absolute Gasteiger partial charge is 0.344 e. The summed E-state index contributed by atoms with van der Waals surface area (Å²) in [6, 6.07) is 0. The molecule has 0 radical (unpaired) electrons. The van der Waals surface area contributed by atoms with Crippen molar-refractivity contribution in [2.75, 3.05) is 33.0 Å². The number of ether oxygens (including phenoxy) is 5. The minimum Gasteiger partial charge on any atom is -0.455 e. The van der Waals surface area contributed by atoms with Gasteiger partial charge in [-0.15, -0.1) is 0 Å². The van der Waals surface area contributed by atoms with Gasteiger partial charge in [0, 0.05) is 28.6 Å². The Morgan fingerprint density at radius 2 is 1.19 bits per heavy atom. The minimum absolute atomic E-state index is 0. The second kappa shape index (κ2) is 17.9. The molecule has 0 spiro atoms. The van der Waals surface area contributed by atoms with E-state index in [1.54, 1.807) is 0 Å². The van der Waals surface area contributed by atoms with E-state index in [1.165, 1.54) is 6.92 Å². The van der Waals surface area contributed by atoms with Crippen LogP contribution in [0, 0.1) is 0 Å². The van der Waals surface area contributed by atoms with Gasteiger partial charge in [0.2, 0.25) is 0 Å². The maximum atomic E-state index is 11.7. The summed E-state index contributed by atoms with van der Waals surface area (Å²) in [5.74, 6) is -2.62. The molecule has 0 unspecified atom stereocenters. The van der Waals surface area contributed by atoms with Gasteiger partial charge in [0.15, 0.2) is 13.2 Å². The quantitative estimate of drug-likeness (QED) is 0.167. The van der Waals surface area contributed by atoms with Crippen LogP contribution in [0.15, 0.2) is 0 Å². The fourth-order valence-electron chi connectivity index (χ4n) is 1.74. The normalized spacial score (nSPS) is 10.9. The van der Waals surface area contributed by atoms with Crippen LogP contribution < -0.4 is 0 Å². The number of unbranched alkanes of at least 4 members (excludes halogenated alkanes) is 3. The van der Waals surface area contributed by atoms with Gasteiger partial charge in [-0.1, -0.05) is 40.0 Å². The molecule has 0 aliphatic carbocycles. The van der Waals surface area contributed by atoms with Gasteiger partial charge in [-0.05, 0) is 19.3 Å². The first-order valence-electron chi connectivity index (χ1n) is 9.20. The Balaban J connectivity index is 0. The molecule has 0 atom stereocenters. The van der Waals surface area contributed by atoms with E-state index < -0.39 is 24.5 Å². The number of rotatable bonds is 16. The molecular formula is C18H34O7Ti. The zero-order valence-corrected chi connectivity index (χ0v) is 18.2. The first-order valence-corrected chi connectivity index (χ1v) is 9.20. The van der Waals surface area contributed by atoms with Crippen molar-refractivity contribution >= 4 is 11.9 Å². The summed E-state index contributed by atoms with van der Waals surface area (Å²) in [6.45, 7) is 8.07. The molecule has 0 aromatic carbocycles. The van der Waals surface area contributed by atoms with E-state index in [0.29, 0.717) is 19.8 Å². The predicted octanol–water partition coefficient (Wildman–Crippen LogP) is 3.19. The van der Waals surface area contributed by atoms with Crippen molar-refractivity contribution in [3.63, 3.8) is 0 Å². The monoisotopic (exact) mass is 410 g/mol. The summed E-state index contributed by atoms with van der Waals surface area (Å²) in [5, 5.41) is 0. The van der Waals surface area contributed by atoms with Crippen molar-refractivity contribution in [3.8, 4) is 0 Å². The first kappa shape index (κ1) is 27.8. The van der Waals surface area contributed by atoms with Gasteiger partial charge >= 0.3 is 17.9 Å². The van der Waals surface area contributed by atoms with Crippen molar-refractivity contribution in [2.45, 2.75) is 72.2 Å². The van der Waals surface area contributed by atoms with Crippen LogP contribution in [0.2, 0.25) is 0 Å². The Morgan fingerprint density at radius 1 is 0.769 bits per heavy atom. The van der Waals surface area contributed by atoms with Crippen molar-refractivity contribution < 1.29 is 55.0 Å².